The molecule has 102 valence electrons. The number of hydrogen-bond donors (Lipinski definition) is 0. The first-order valence-electron chi connectivity index (χ1n) is 5.78. The highest BCUT2D eigenvalue weighted by Gasteiger charge is 2.10. The predicted octanol–water partition coefficient (Wildman–Crippen LogP) is 2.77. The minimum atomic E-state index is 0.317. The standard InChI is InChI=1S/C12H9Cl2N5O/c13-5-10-6-19(18-16-10)7-11-15-12(17-20-11)8-2-1-3-9(14)4-8/h1-4,6H,5,7H2. The van der Waals surface area contributed by atoms with E-state index in [1.807, 2.05) is 12.1 Å². The van der Waals surface area contributed by atoms with Crippen molar-refractivity contribution in [1.82, 2.24) is 25.1 Å². The molecule has 0 aliphatic rings. The van der Waals surface area contributed by atoms with Crippen LogP contribution in [0.5, 0.6) is 0 Å². The van der Waals surface area contributed by atoms with Crippen LogP contribution in [0.25, 0.3) is 11.4 Å². The van der Waals surface area contributed by atoms with E-state index in [-0.39, 0.29) is 0 Å². The van der Waals surface area contributed by atoms with Crippen LogP contribution in [-0.2, 0) is 12.4 Å². The van der Waals surface area contributed by atoms with Crippen molar-refractivity contribution in [3.05, 3.63) is 47.1 Å². The lowest BCUT2D eigenvalue weighted by molar-refractivity contribution is 0.364. The van der Waals surface area contributed by atoms with Gasteiger partial charge in [-0.2, -0.15) is 4.98 Å². The van der Waals surface area contributed by atoms with Gasteiger partial charge in [0.15, 0.2) is 0 Å². The van der Waals surface area contributed by atoms with Crippen LogP contribution >= 0.6 is 23.2 Å². The maximum absolute atomic E-state index is 5.93. The first kappa shape index (κ1) is 13.1. The Morgan fingerprint density at radius 3 is 2.95 bits per heavy atom. The maximum atomic E-state index is 5.93. The van der Waals surface area contributed by atoms with Gasteiger partial charge in [0, 0.05) is 10.6 Å². The maximum Gasteiger partial charge on any atom is 0.248 e. The fraction of sp³-hybridized carbons (Fsp3) is 0.167. The fourth-order valence-corrected chi connectivity index (χ4v) is 1.99. The molecular formula is C12H9Cl2N5O. The number of aromatic nitrogens is 5. The summed E-state index contributed by atoms with van der Waals surface area (Å²) in [7, 11) is 0. The Labute approximate surface area is 124 Å². The second-order valence-corrected chi connectivity index (χ2v) is 4.77. The molecule has 0 aliphatic carbocycles. The van der Waals surface area contributed by atoms with E-state index in [1.54, 1.807) is 23.0 Å². The van der Waals surface area contributed by atoms with Crippen LogP contribution < -0.4 is 0 Å². The largest absolute Gasteiger partial charge is 0.337 e. The molecule has 0 amide bonds. The Balaban J connectivity index is 1.80. The van der Waals surface area contributed by atoms with Gasteiger partial charge in [0.1, 0.15) is 6.54 Å². The van der Waals surface area contributed by atoms with Gasteiger partial charge >= 0.3 is 0 Å². The van der Waals surface area contributed by atoms with Crippen LogP contribution in [0.15, 0.2) is 35.0 Å². The summed E-state index contributed by atoms with van der Waals surface area (Å²) in [6.45, 7) is 0.345. The van der Waals surface area contributed by atoms with Crippen LogP contribution in [0.3, 0.4) is 0 Å². The molecule has 6 nitrogen and oxygen atoms in total. The molecule has 0 bridgehead atoms. The van der Waals surface area contributed by atoms with Crippen LogP contribution in [-0.4, -0.2) is 25.1 Å². The highest BCUT2D eigenvalue weighted by atomic mass is 35.5. The van der Waals surface area contributed by atoms with Crippen molar-refractivity contribution in [2.24, 2.45) is 0 Å². The molecule has 0 saturated carbocycles. The molecule has 3 rings (SSSR count). The van der Waals surface area contributed by atoms with Gasteiger partial charge in [-0.05, 0) is 12.1 Å². The van der Waals surface area contributed by atoms with Crippen molar-refractivity contribution in [2.45, 2.75) is 12.4 Å². The number of alkyl halides is 1. The summed E-state index contributed by atoms with van der Waals surface area (Å²) in [4.78, 5) is 4.29. The van der Waals surface area contributed by atoms with Crippen molar-refractivity contribution in [3.63, 3.8) is 0 Å². The Hall–Kier alpha value is -1.92. The van der Waals surface area contributed by atoms with Gasteiger partial charge in [-0.15, -0.1) is 16.7 Å². The van der Waals surface area contributed by atoms with Gasteiger partial charge in [-0.1, -0.05) is 34.1 Å². The summed E-state index contributed by atoms with van der Waals surface area (Å²) in [5.74, 6) is 1.24. The Morgan fingerprint density at radius 2 is 2.20 bits per heavy atom. The van der Waals surface area contributed by atoms with Crippen molar-refractivity contribution in [1.29, 1.82) is 0 Å². The van der Waals surface area contributed by atoms with Crippen LogP contribution in [0.4, 0.5) is 0 Å². The van der Waals surface area contributed by atoms with Gasteiger partial charge in [0.25, 0.3) is 0 Å². The fourth-order valence-electron chi connectivity index (χ4n) is 1.68. The smallest absolute Gasteiger partial charge is 0.248 e. The second-order valence-electron chi connectivity index (χ2n) is 4.06. The summed E-state index contributed by atoms with van der Waals surface area (Å²) in [6.07, 6.45) is 1.73. The zero-order valence-electron chi connectivity index (χ0n) is 10.2. The summed E-state index contributed by atoms with van der Waals surface area (Å²) < 4.78 is 6.77. The SMILES string of the molecule is ClCc1cn(Cc2nc(-c3cccc(Cl)c3)no2)nn1. The molecule has 0 spiro atoms. The molecule has 2 heterocycles. The number of nitrogens with zero attached hydrogens (tertiary/aromatic N) is 5. The molecule has 0 unspecified atom stereocenters. The van der Waals surface area contributed by atoms with Gasteiger partial charge < -0.3 is 4.52 Å². The summed E-state index contributed by atoms with van der Waals surface area (Å²) in [5, 5.41) is 12.3. The van der Waals surface area contributed by atoms with Crippen LogP contribution in [0, 0.1) is 0 Å². The minimum absolute atomic E-state index is 0.317. The topological polar surface area (TPSA) is 69.6 Å². The van der Waals surface area contributed by atoms with Crippen molar-refractivity contribution < 1.29 is 4.52 Å². The molecular weight excluding hydrogens is 301 g/mol. The third-order valence-electron chi connectivity index (χ3n) is 2.57. The van der Waals surface area contributed by atoms with Gasteiger partial charge in [0.2, 0.25) is 11.7 Å². The van der Waals surface area contributed by atoms with Crippen molar-refractivity contribution in [3.8, 4) is 11.4 Å². The molecule has 0 atom stereocenters. The highest BCUT2D eigenvalue weighted by Crippen LogP contribution is 2.20. The number of hydrogen-bond acceptors (Lipinski definition) is 5. The summed E-state index contributed by atoms with van der Waals surface area (Å²) in [6, 6.07) is 7.26. The van der Waals surface area contributed by atoms with Crippen LogP contribution in [0.1, 0.15) is 11.6 Å². The average molecular weight is 310 g/mol. The molecule has 2 aromatic heterocycles. The third kappa shape index (κ3) is 2.81. The Kier molecular flexibility index (Phi) is 3.66. The molecule has 0 N–H and O–H groups in total. The van der Waals surface area contributed by atoms with Crippen molar-refractivity contribution in [2.75, 3.05) is 0 Å². The molecule has 20 heavy (non-hydrogen) atoms. The minimum Gasteiger partial charge on any atom is -0.337 e. The Bertz CT molecular complexity index is 724. The van der Waals surface area contributed by atoms with Gasteiger partial charge in [-0.25, -0.2) is 4.68 Å². The lowest BCUT2D eigenvalue weighted by atomic mass is 10.2. The quantitative estimate of drug-likeness (QED) is 0.693. The molecule has 0 saturated heterocycles. The van der Waals surface area contributed by atoms with E-state index >= 15 is 0 Å². The van der Waals surface area contributed by atoms with E-state index in [2.05, 4.69) is 20.5 Å². The zero-order valence-corrected chi connectivity index (χ0v) is 11.7. The Morgan fingerprint density at radius 1 is 1.30 bits per heavy atom. The van der Waals surface area contributed by atoms with Crippen molar-refractivity contribution >= 4 is 23.2 Å². The number of halogens is 2. The summed E-state index contributed by atoms with van der Waals surface area (Å²) >= 11 is 11.6. The van der Waals surface area contributed by atoms with E-state index < -0.39 is 0 Å². The predicted molar refractivity (Wildman–Crippen MR) is 73.4 cm³/mol. The average Bonchev–Trinajstić information content (AvgIpc) is 3.08. The molecule has 0 aliphatic heterocycles. The molecule has 1 aromatic carbocycles. The highest BCUT2D eigenvalue weighted by molar-refractivity contribution is 6.30. The lowest BCUT2D eigenvalue weighted by Gasteiger charge is -1.94. The zero-order chi connectivity index (χ0) is 13.9. The normalized spacial score (nSPS) is 10.9. The number of rotatable bonds is 4. The monoisotopic (exact) mass is 309 g/mol. The van der Waals surface area contributed by atoms with E-state index in [1.165, 1.54) is 0 Å². The van der Waals surface area contributed by atoms with E-state index in [0.717, 1.165) is 5.56 Å². The first-order valence-corrected chi connectivity index (χ1v) is 6.69. The van der Waals surface area contributed by atoms with Crippen LogP contribution in [0.2, 0.25) is 5.02 Å². The van der Waals surface area contributed by atoms with Gasteiger partial charge in [0.05, 0.1) is 17.8 Å². The second kappa shape index (κ2) is 5.60. The first-order chi connectivity index (χ1) is 9.74. The third-order valence-corrected chi connectivity index (χ3v) is 3.08. The molecule has 3 aromatic rings. The molecule has 0 radical (unpaired) electrons. The van der Waals surface area contributed by atoms with E-state index in [0.29, 0.717) is 34.9 Å². The van der Waals surface area contributed by atoms with E-state index in [9.17, 15) is 0 Å². The lowest BCUT2D eigenvalue weighted by Crippen LogP contribution is -2.00. The number of benzene rings is 1. The summed E-state index contributed by atoms with van der Waals surface area (Å²) in [5.41, 5.74) is 1.49. The van der Waals surface area contributed by atoms with E-state index in [4.69, 9.17) is 27.7 Å². The molecule has 8 heteroatoms. The molecule has 0 fully saturated rings. The van der Waals surface area contributed by atoms with Gasteiger partial charge in [-0.3, -0.25) is 0 Å².